The van der Waals surface area contributed by atoms with E-state index >= 15 is 0 Å². The second-order valence-corrected chi connectivity index (χ2v) is 6.16. The Morgan fingerprint density at radius 2 is 2.00 bits per heavy atom. The highest BCUT2D eigenvalue weighted by atomic mass is 32.2. The Bertz CT molecular complexity index is 457. The van der Waals surface area contributed by atoms with Gasteiger partial charge in [0, 0.05) is 12.7 Å². The number of methoxy groups -OCH3 is 1. The Morgan fingerprint density at radius 3 is 2.67 bits per heavy atom. The van der Waals surface area contributed by atoms with Gasteiger partial charge in [-0.2, -0.15) is 11.8 Å². The first-order valence-corrected chi connectivity index (χ1v) is 8.24. The summed E-state index contributed by atoms with van der Waals surface area (Å²) in [5.74, 6) is 0. The lowest BCUT2D eigenvalue weighted by atomic mass is 10.0. The quantitative estimate of drug-likeness (QED) is 0.914. The van der Waals surface area contributed by atoms with Crippen LogP contribution in [-0.2, 0) is 18.9 Å². The number of fused-ring (bicyclic) bond motifs is 1. The molecule has 2 fully saturated rings. The van der Waals surface area contributed by atoms with E-state index in [0.717, 1.165) is 5.56 Å². The van der Waals surface area contributed by atoms with E-state index in [1.165, 1.54) is 7.11 Å². The van der Waals surface area contributed by atoms with Gasteiger partial charge in [-0.15, -0.1) is 0 Å². The fourth-order valence-corrected chi connectivity index (χ4v) is 3.72. The van der Waals surface area contributed by atoms with Crippen molar-refractivity contribution in [1.29, 1.82) is 0 Å². The molecule has 2 aliphatic heterocycles. The van der Waals surface area contributed by atoms with Crippen LogP contribution < -0.4 is 0 Å². The summed E-state index contributed by atoms with van der Waals surface area (Å²) in [4.78, 5) is 0. The minimum atomic E-state index is -0.722. The second-order valence-electron chi connectivity index (χ2n) is 5.15. The Labute approximate surface area is 128 Å². The van der Waals surface area contributed by atoms with Crippen LogP contribution in [0.4, 0.5) is 0 Å². The third-order valence-electron chi connectivity index (χ3n) is 3.88. The molecule has 0 unspecified atom stereocenters. The number of benzene rings is 1. The van der Waals surface area contributed by atoms with Crippen LogP contribution in [0.15, 0.2) is 30.3 Å². The highest BCUT2D eigenvalue weighted by molar-refractivity contribution is 7.99. The topological polar surface area (TPSA) is 57.2 Å². The van der Waals surface area contributed by atoms with Crippen molar-refractivity contribution >= 4 is 11.8 Å². The summed E-state index contributed by atoms with van der Waals surface area (Å²) in [5, 5.41) is 10.2. The summed E-state index contributed by atoms with van der Waals surface area (Å²) < 4.78 is 22.8. The molecular weight excluding hydrogens is 292 g/mol. The number of thioether (sulfide) groups is 1. The molecule has 21 heavy (non-hydrogen) atoms. The van der Waals surface area contributed by atoms with Gasteiger partial charge in [-0.3, -0.25) is 0 Å². The van der Waals surface area contributed by atoms with E-state index in [2.05, 4.69) is 0 Å². The standard InChI is InChI=1S/C15H20O5S/c1-17-15-11(16)13(21-2)12-10(19-15)8-18-14(20-12)9-6-4-3-5-7-9/h3-7,10-16H,8H2,1-2H3/t10-,11-,12+,13+,14+,15-/m1/s1. The number of hydrogen-bond donors (Lipinski definition) is 1. The highest BCUT2D eigenvalue weighted by Crippen LogP contribution is 2.37. The minimum Gasteiger partial charge on any atom is -0.387 e. The zero-order chi connectivity index (χ0) is 14.8. The molecule has 0 spiro atoms. The molecule has 0 bridgehead atoms. The van der Waals surface area contributed by atoms with Crippen LogP contribution in [0, 0.1) is 0 Å². The van der Waals surface area contributed by atoms with Gasteiger partial charge in [-0.25, -0.2) is 0 Å². The molecule has 2 saturated heterocycles. The molecule has 0 amide bonds. The SMILES string of the molecule is CO[C@@H]1O[C@@H]2CO[C@H](c3ccccc3)O[C@@H]2[C@@H](SC)[C@H]1O. The Balaban J connectivity index is 1.77. The highest BCUT2D eigenvalue weighted by Gasteiger charge is 2.49. The van der Waals surface area contributed by atoms with E-state index in [9.17, 15) is 5.11 Å². The predicted octanol–water partition coefficient (Wildman–Crippen LogP) is 1.56. The molecule has 5 nitrogen and oxygen atoms in total. The summed E-state index contributed by atoms with van der Waals surface area (Å²) >= 11 is 1.57. The average Bonchev–Trinajstić information content (AvgIpc) is 2.54. The molecule has 3 rings (SSSR count). The minimum absolute atomic E-state index is 0.108. The fraction of sp³-hybridized carbons (Fsp3) is 0.600. The first-order chi connectivity index (χ1) is 10.2. The van der Waals surface area contributed by atoms with Crippen LogP contribution in [-0.4, -0.2) is 54.9 Å². The number of hydrogen-bond acceptors (Lipinski definition) is 6. The largest absolute Gasteiger partial charge is 0.387 e. The van der Waals surface area contributed by atoms with E-state index in [0.29, 0.717) is 6.61 Å². The zero-order valence-corrected chi connectivity index (χ0v) is 12.9. The van der Waals surface area contributed by atoms with Crippen molar-refractivity contribution in [2.45, 2.75) is 36.1 Å². The first kappa shape index (κ1) is 15.3. The number of aliphatic hydroxyl groups is 1. The van der Waals surface area contributed by atoms with Crippen molar-refractivity contribution in [1.82, 2.24) is 0 Å². The molecule has 116 valence electrons. The average molecular weight is 312 g/mol. The molecule has 6 heteroatoms. The molecule has 0 radical (unpaired) electrons. The molecular formula is C15H20O5S. The maximum Gasteiger partial charge on any atom is 0.184 e. The molecule has 1 N–H and O–H groups in total. The van der Waals surface area contributed by atoms with Gasteiger partial charge in [-0.1, -0.05) is 30.3 Å². The van der Waals surface area contributed by atoms with Gasteiger partial charge in [0.05, 0.1) is 11.9 Å². The maximum atomic E-state index is 10.3. The van der Waals surface area contributed by atoms with Crippen LogP contribution in [0.25, 0.3) is 0 Å². The molecule has 2 heterocycles. The fourth-order valence-electron chi connectivity index (χ4n) is 2.81. The van der Waals surface area contributed by atoms with E-state index in [1.807, 2.05) is 36.6 Å². The summed E-state index contributed by atoms with van der Waals surface area (Å²) in [5.41, 5.74) is 0.971. The van der Waals surface area contributed by atoms with Crippen LogP contribution in [0.2, 0.25) is 0 Å². The molecule has 1 aromatic carbocycles. The third-order valence-corrected chi connectivity index (χ3v) is 4.97. The van der Waals surface area contributed by atoms with Crippen molar-refractivity contribution in [2.75, 3.05) is 20.0 Å². The van der Waals surface area contributed by atoms with Gasteiger partial charge in [0.1, 0.15) is 18.3 Å². The van der Waals surface area contributed by atoms with Gasteiger partial charge in [0.25, 0.3) is 0 Å². The number of ether oxygens (including phenoxy) is 4. The van der Waals surface area contributed by atoms with Crippen molar-refractivity contribution in [3.05, 3.63) is 35.9 Å². The van der Waals surface area contributed by atoms with Gasteiger partial charge < -0.3 is 24.1 Å². The van der Waals surface area contributed by atoms with Gasteiger partial charge in [0.15, 0.2) is 12.6 Å². The van der Waals surface area contributed by atoms with E-state index in [-0.39, 0.29) is 17.5 Å². The molecule has 0 saturated carbocycles. The monoisotopic (exact) mass is 312 g/mol. The van der Waals surface area contributed by atoms with Crippen molar-refractivity contribution in [3.8, 4) is 0 Å². The lowest BCUT2D eigenvalue weighted by molar-refractivity contribution is -0.330. The summed E-state index contributed by atoms with van der Waals surface area (Å²) in [7, 11) is 1.53. The summed E-state index contributed by atoms with van der Waals surface area (Å²) in [6.45, 7) is 0.424. The molecule has 2 aliphatic rings. The third kappa shape index (κ3) is 2.97. The normalized spacial score (nSPS) is 39.8. The van der Waals surface area contributed by atoms with Gasteiger partial charge in [-0.05, 0) is 6.26 Å². The van der Waals surface area contributed by atoms with Gasteiger partial charge in [0.2, 0.25) is 0 Å². The van der Waals surface area contributed by atoms with E-state index in [1.54, 1.807) is 11.8 Å². The summed E-state index contributed by atoms with van der Waals surface area (Å²) in [6, 6.07) is 9.80. The van der Waals surface area contributed by atoms with Crippen molar-refractivity contribution in [2.24, 2.45) is 0 Å². The van der Waals surface area contributed by atoms with Crippen molar-refractivity contribution in [3.63, 3.8) is 0 Å². The zero-order valence-electron chi connectivity index (χ0n) is 12.0. The molecule has 6 atom stereocenters. The maximum absolute atomic E-state index is 10.3. The van der Waals surface area contributed by atoms with Crippen LogP contribution >= 0.6 is 11.8 Å². The molecule has 1 aromatic rings. The van der Waals surface area contributed by atoms with Crippen molar-refractivity contribution < 1.29 is 24.1 Å². The Kier molecular flexibility index (Phi) is 4.83. The number of aliphatic hydroxyl groups excluding tert-OH is 1. The lowest BCUT2D eigenvalue weighted by Gasteiger charge is -2.47. The van der Waals surface area contributed by atoms with Crippen LogP contribution in [0.3, 0.4) is 0 Å². The first-order valence-electron chi connectivity index (χ1n) is 6.95. The van der Waals surface area contributed by atoms with E-state index < -0.39 is 18.7 Å². The van der Waals surface area contributed by atoms with E-state index in [4.69, 9.17) is 18.9 Å². The van der Waals surface area contributed by atoms with Crippen LogP contribution in [0.5, 0.6) is 0 Å². The lowest BCUT2D eigenvalue weighted by Crippen LogP contribution is -2.60. The van der Waals surface area contributed by atoms with Gasteiger partial charge >= 0.3 is 0 Å². The molecule has 0 aliphatic carbocycles. The smallest absolute Gasteiger partial charge is 0.184 e. The number of rotatable bonds is 3. The Morgan fingerprint density at radius 1 is 1.24 bits per heavy atom. The second kappa shape index (κ2) is 6.64. The predicted molar refractivity (Wildman–Crippen MR) is 79.0 cm³/mol. The molecule has 0 aromatic heterocycles. The van der Waals surface area contributed by atoms with Crippen LogP contribution in [0.1, 0.15) is 11.9 Å². The summed E-state index contributed by atoms with van der Waals surface area (Å²) in [6.07, 6.45) is -0.266. The Hall–Kier alpha value is -0.630.